The first-order valence-corrected chi connectivity index (χ1v) is 11.5. The van der Waals surface area contributed by atoms with E-state index in [1.807, 2.05) is 0 Å². The Morgan fingerprint density at radius 1 is 0.500 bits per heavy atom. The van der Waals surface area contributed by atoms with Gasteiger partial charge in [0.15, 0.2) is 21.7 Å². The van der Waals surface area contributed by atoms with Gasteiger partial charge in [0, 0.05) is 32.3 Å². The van der Waals surface area contributed by atoms with Gasteiger partial charge in [-0.1, -0.05) is 48.5 Å². The Morgan fingerprint density at radius 3 is 1.62 bits per heavy atom. The van der Waals surface area contributed by atoms with Gasteiger partial charge in [0.2, 0.25) is 0 Å². The summed E-state index contributed by atoms with van der Waals surface area (Å²) in [6, 6.07) is 20.5. The van der Waals surface area contributed by atoms with Crippen LogP contribution < -0.4 is 21.7 Å². The monoisotopic (exact) mass is 459 g/mol. The van der Waals surface area contributed by atoms with Gasteiger partial charge in [0.1, 0.15) is 0 Å². The smallest absolute Gasteiger partial charge is 0.196 e. The molecular formula is C28H13NO4S. The summed E-state index contributed by atoms with van der Waals surface area (Å²) in [5.41, 5.74) is 0.410. The van der Waals surface area contributed by atoms with Crippen LogP contribution in [0.2, 0.25) is 0 Å². The van der Waals surface area contributed by atoms with Crippen LogP contribution in [-0.4, -0.2) is 4.98 Å². The maximum atomic E-state index is 13.4. The van der Waals surface area contributed by atoms with Crippen molar-refractivity contribution in [1.29, 1.82) is 0 Å². The summed E-state index contributed by atoms with van der Waals surface area (Å²) in [4.78, 5) is 56.3. The third-order valence-electron chi connectivity index (χ3n) is 6.57. The van der Waals surface area contributed by atoms with Crippen LogP contribution in [0.5, 0.6) is 0 Å². The van der Waals surface area contributed by atoms with Crippen molar-refractivity contribution in [1.82, 2.24) is 4.98 Å². The predicted molar refractivity (Wildman–Crippen MR) is 140 cm³/mol. The quantitative estimate of drug-likeness (QED) is 0.259. The second-order valence-corrected chi connectivity index (χ2v) is 9.41. The molecule has 5 nitrogen and oxygen atoms in total. The zero-order valence-corrected chi connectivity index (χ0v) is 18.3. The Kier molecular flexibility index (Phi) is 3.68. The van der Waals surface area contributed by atoms with E-state index in [2.05, 4.69) is 4.98 Å². The van der Waals surface area contributed by atoms with Crippen molar-refractivity contribution < 1.29 is 0 Å². The molecule has 0 radical (unpaired) electrons. The zero-order chi connectivity index (χ0) is 23.1. The molecule has 0 saturated carbocycles. The fraction of sp³-hybridized carbons (Fsp3) is 0. The average Bonchev–Trinajstić information content (AvgIpc) is 2.88. The van der Waals surface area contributed by atoms with Crippen molar-refractivity contribution >= 4 is 74.9 Å². The van der Waals surface area contributed by atoms with E-state index >= 15 is 0 Å². The van der Waals surface area contributed by atoms with Crippen LogP contribution in [0.3, 0.4) is 0 Å². The lowest BCUT2D eigenvalue weighted by atomic mass is 10.0. The van der Waals surface area contributed by atoms with Gasteiger partial charge >= 0.3 is 0 Å². The fourth-order valence-corrected chi connectivity index (χ4v) is 6.13. The van der Waals surface area contributed by atoms with Gasteiger partial charge in [-0.15, -0.1) is 11.3 Å². The summed E-state index contributed by atoms with van der Waals surface area (Å²) >= 11 is 1.34. The second-order valence-electron chi connectivity index (χ2n) is 8.36. The molecule has 0 amide bonds. The van der Waals surface area contributed by atoms with Crippen LogP contribution in [0, 0.1) is 0 Å². The van der Waals surface area contributed by atoms with E-state index < -0.39 is 0 Å². The maximum Gasteiger partial charge on any atom is 0.196 e. The molecule has 6 heteroatoms. The summed E-state index contributed by atoms with van der Waals surface area (Å²) in [5.74, 6) is 0. The molecule has 0 unspecified atom stereocenters. The molecule has 1 heterocycles. The van der Waals surface area contributed by atoms with Crippen molar-refractivity contribution in [3.05, 3.63) is 114 Å². The lowest BCUT2D eigenvalue weighted by Crippen LogP contribution is -2.14. The van der Waals surface area contributed by atoms with Crippen molar-refractivity contribution in [3.8, 4) is 0 Å². The molecule has 0 saturated heterocycles. The molecule has 0 aliphatic heterocycles. The lowest BCUT2D eigenvalue weighted by molar-refractivity contribution is 1.53. The predicted octanol–water partition coefficient (Wildman–Crippen LogP) is 4.87. The Balaban J connectivity index is 1.72. The van der Waals surface area contributed by atoms with E-state index in [1.54, 1.807) is 72.8 Å². The van der Waals surface area contributed by atoms with Crippen LogP contribution in [0.4, 0.5) is 0 Å². The van der Waals surface area contributed by atoms with Gasteiger partial charge in [0.25, 0.3) is 0 Å². The minimum Gasteiger partial charge on any atom is -0.353 e. The lowest BCUT2D eigenvalue weighted by Gasteiger charge is -2.09. The van der Waals surface area contributed by atoms with E-state index in [0.29, 0.717) is 58.8 Å². The van der Waals surface area contributed by atoms with Crippen LogP contribution in [0.15, 0.2) is 92.0 Å². The summed E-state index contributed by atoms with van der Waals surface area (Å²) in [6.45, 7) is 0. The topological polar surface area (TPSA) is 84.1 Å². The molecule has 0 aliphatic carbocycles. The molecular weight excluding hydrogens is 446 g/mol. The van der Waals surface area contributed by atoms with Gasteiger partial charge in [-0.05, 0) is 24.3 Å². The molecule has 0 aliphatic rings. The number of nitrogens with one attached hydrogen (secondary N) is 1. The Labute approximate surface area is 193 Å². The van der Waals surface area contributed by atoms with E-state index in [1.165, 1.54) is 11.3 Å². The molecule has 0 atom stereocenters. The van der Waals surface area contributed by atoms with Crippen molar-refractivity contribution in [3.63, 3.8) is 0 Å². The molecule has 7 aromatic rings. The third kappa shape index (κ3) is 2.32. The van der Waals surface area contributed by atoms with Crippen LogP contribution in [0.25, 0.3) is 63.5 Å². The van der Waals surface area contributed by atoms with Crippen molar-refractivity contribution in [2.75, 3.05) is 0 Å². The number of fused-ring (bicyclic) bond motifs is 8. The highest BCUT2D eigenvalue weighted by Crippen LogP contribution is 2.33. The molecule has 0 bridgehead atoms. The largest absolute Gasteiger partial charge is 0.353 e. The average molecular weight is 459 g/mol. The first-order valence-electron chi connectivity index (χ1n) is 10.7. The molecule has 1 N–H and O–H groups in total. The first-order chi connectivity index (χ1) is 16.5. The van der Waals surface area contributed by atoms with Crippen molar-refractivity contribution in [2.45, 2.75) is 0 Å². The standard InChI is InChI=1S/C28H13NO4S/c30-24-13-5-1-3-7-15(13)26(32)21-17(24)10-12-20-23(21)29-19-11-9-18-22(28(19)34-20)27(33)16-8-4-2-6-14(16)25(18)31/h1-12,29H. The van der Waals surface area contributed by atoms with E-state index in [0.717, 1.165) is 4.70 Å². The number of benzene rings is 6. The van der Waals surface area contributed by atoms with Gasteiger partial charge in [-0.2, -0.15) is 0 Å². The molecule has 34 heavy (non-hydrogen) atoms. The van der Waals surface area contributed by atoms with Crippen LogP contribution in [0.1, 0.15) is 0 Å². The maximum absolute atomic E-state index is 13.4. The summed E-state index contributed by atoms with van der Waals surface area (Å²) in [5, 5.41) is 3.03. The van der Waals surface area contributed by atoms with Gasteiger partial charge in [0.05, 0.1) is 31.2 Å². The minimum absolute atomic E-state index is 0.179. The number of rotatable bonds is 0. The van der Waals surface area contributed by atoms with Gasteiger partial charge in [-0.25, -0.2) is 0 Å². The van der Waals surface area contributed by atoms with Crippen molar-refractivity contribution in [2.24, 2.45) is 0 Å². The molecule has 7 rings (SSSR count). The highest BCUT2D eigenvalue weighted by molar-refractivity contribution is 7.25. The number of hydrogen-bond acceptors (Lipinski definition) is 5. The van der Waals surface area contributed by atoms with E-state index in [9.17, 15) is 19.2 Å². The molecule has 0 fully saturated rings. The third-order valence-corrected chi connectivity index (χ3v) is 7.76. The Morgan fingerprint density at radius 2 is 1.00 bits per heavy atom. The first kappa shape index (κ1) is 19.1. The number of hydrogen-bond donors (Lipinski definition) is 1. The van der Waals surface area contributed by atoms with E-state index in [4.69, 9.17) is 0 Å². The molecule has 1 aromatic heterocycles. The summed E-state index contributed by atoms with van der Waals surface area (Å²) < 4.78 is 1.37. The second kappa shape index (κ2) is 6.56. The summed E-state index contributed by atoms with van der Waals surface area (Å²) in [6.07, 6.45) is 0. The van der Waals surface area contributed by atoms with Crippen LogP contribution in [-0.2, 0) is 0 Å². The molecule has 0 spiro atoms. The fourth-order valence-electron chi connectivity index (χ4n) is 4.98. The van der Waals surface area contributed by atoms with E-state index in [-0.39, 0.29) is 21.7 Å². The summed E-state index contributed by atoms with van der Waals surface area (Å²) in [7, 11) is 0. The highest BCUT2D eigenvalue weighted by Gasteiger charge is 2.17. The number of H-pyrrole nitrogens is 1. The number of aromatic amines is 1. The zero-order valence-electron chi connectivity index (χ0n) is 17.5. The van der Waals surface area contributed by atoms with Crippen LogP contribution >= 0.6 is 11.3 Å². The SMILES string of the molecule is O=c1c2ccccc2c(=O)c2c1ccc1sc3c(ccc4c(=O)c5ccccc5c(=O)c43)[nH]c12. The normalized spacial score (nSPS) is 12.0. The minimum atomic E-state index is -0.211. The Hall–Kier alpha value is -4.42. The molecule has 6 aromatic carbocycles. The number of aromatic nitrogens is 1. The Bertz CT molecular complexity index is 2100. The molecule has 160 valence electrons. The van der Waals surface area contributed by atoms with Gasteiger partial charge < -0.3 is 4.98 Å². The highest BCUT2D eigenvalue weighted by atomic mass is 32.1. The van der Waals surface area contributed by atoms with Gasteiger partial charge in [-0.3, -0.25) is 19.2 Å².